The van der Waals surface area contributed by atoms with Gasteiger partial charge in [-0.3, -0.25) is 4.79 Å². The Hall–Kier alpha value is -1.80. The van der Waals surface area contributed by atoms with Crippen molar-refractivity contribution in [3.05, 3.63) is 64.7 Å². The van der Waals surface area contributed by atoms with E-state index in [1.165, 1.54) is 5.56 Å². The van der Waals surface area contributed by atoms with Gasteiger partial charge < -0.3 is 4.90 Å². The number of benzene rings is 2. The summed E-state index contributed by atoms with van der Waals surface area (Å²) >= 11 is 6.10. The molecule has 0 saturated carbocycles. The van der Waals surface area contributed by atoms with E-state index in [2.05, 4.69) is 6.07 Å². The van der Waals surface area contributed by atoms with E-state index in [4.69, 9.17) is 11.6 Å². The minimum Gasteiger partial charge on any atom is -0.312 e. The molecule has 96 valence electrons. The van der Waals surface area contributed by atoms with E-state index in [0.29, 0.717) is 11.4 Å². The fourth-order valence-electron chi connectivity index (χ4n) is 2.50. The molecule has 1 aliphatic rings. The van der Waals surface area contributed by atoms with Crippen molar-refractivity contribution in [2.45, 2.75) is 12.8 Å². The highest BCUT2D eigenvalue weighted by Gasteiger charge is 2.24. The molecule has 1 amide bonds. The van der Waals surface area contributed by atoms with Crippen molar-refractivity contribution in [3.8, 4) is 0 Å². The fourth-order valence-corrected chi connectivity index (χ4v) is 2.70. The van der Waals surface area contributed by atoms with Crippen molar-refractivity contribution >= 4 is 23.2 Å². The molecule has 0 atom stereocenters. The molecule has 0 saturated heterocycles. The summed E-state index contributed by atoms with van der Waals surface area (Å²) in [6, 6.07) is 15.6. The number of carbonyl (C=O) groups is 1. The van der Waals surface area contributed by atoms with Gasteiger partial charge in [0.25, 0.3) is 0 Å². The highest BCUT2D eigenvalue weighted by atomic mass is 35.5. The lowest BCUT2D eigenvalue weighted by molar-refractivity contribution is -0.117. The number of carbonyl (C=O) groups excluding carboxylic acids is 1. The van der Waals surface area contributed by atoms with Crippen LogP contribution in [0.15, 0.2) is 48.5 Å². The maximum Gasteiger partial charge on any atom is 0.231 e. The summed E-state index contributed by atoms with van der Waals surface area (Å²) in [5.41, 5.74) is 3.17. The van der Waals surface area contributed by atoms with Gasteiger partial charge in [0.15, 0.2) is 0 Å². The first kappa shape index (κ1) is 12.2. The predicted molar refractivity (Wildman–Crippen MR) is 77.7 cm³/mol. The number of anilines is 1. The molecule has 0 spiro atoms. The zero-order valence-electron chi connectivity index (χ0n) is 10.5. The molecule has 19 heavy (non-hydrogen) atoms. The fraction of sp³-hybridized carbons (Fsp3) is 0.188. The number of hydrogen-bond donors (Lipinski definition) is 0. The lowest BCUT2D eigenvalue weighted by atomic mass is 10.1. The van der Waals surface area contributed by atoms with E-state index < -0.39 is 0 Å². The van der Waals surface area contributed by atoms with Crippen LogP contribution >= 0.6 is 11.6 Å². The number of hydrogen-bond acceptors (Lipinski definition) is 1. The van der Waals surface area contributed by atoms with Gasteiger partial charge in [0.05, 0.1) is 6.42 Å². The Labute approximate surface area is 117 Å². The second-order valence-electron chi connectivity index (χ2n) is 4.69. The highest BCUT2D eigenvalue weighted by Crippen LogP contribution is 2.28. The van der Waals surface area contributed by atoms with E-state index in [1.54, 1.807) is 0 Å². The second kappa shape index (κ2) is 5.06. The topological polar surface area (TPSA) is 20.3 Å². The molecule has 0 unspecified atom stereocenters. The van der Waals surface area contributed by atoms with Crippen LogP contribution in [0.4, 0.5) is 5.69 Å². The van der Waals surface area contributed by atoms with Crippen molar-refractivity contribution < 1.29 is 4.79 Å². The third-order valence-electron chi connectivity index (χ3n) is 3.49. The van der Waals surface area contributed by atoms with Crippen LogP contribution in [0.25, 0.3) is 0 Å². The Morgan fingerprint density at radius 3 is 2.68 bits per heavy atom. The number of rotatable bonds is 2. The minimum atomic E-state index is 0.109. The van der Waals surface area contributed by atoms with Gasteiger partial charge in [-0.1, -0.05) is 48.0 Å². The van der Waals surface area contributed by atoms with Gasteiger partial charge in [0.1, 0.15) is 0 Å². The summed E-state index contributed by atoms with van der Waals surface area (Å²) in [5.74, 6) is 0.109. The standard InChI is InChI=1S/C16H14ClNO/c17-14-7-3-1-6-13(14)11-16(19)18-10-9-12-5-2-4-8-15(12)18/h1-8H,9-11H2. The van der Waals surface area contributed by atoms with Crippen LogP contribution < -0.4 is 4.90 Å². The first-order valence-corrected chi connectivity index (χ1v) is 6.75. The van der Waals surface area contributed by atoms with Crippen molar-refractivity contribution in [3.63, 3.8) is 0 Å². The number of fused-ring (bicyclic) bond motifs is 1. The van der Waals surface area contributed by atoms with Gasteiger partial charge >= 0.3 is 0 Å². The van der Waals surface area contributed by atoms with Crippen LogP contribution in [0.3, 0.4) is 0 Å². The Morgan fingerprint density at radius 1 is 1.11 bits per heavy atom. The summed E-state index contributed by atoms with van der Waals surface area (Å²) in [7, 11) is 0. The molecule has 0 fully saturated rings. The summed E-state index contributed by atoms with van der Waals surface area (Å²) in [6.45, 7) is 0.767. The Kier molecular flexibility index (Phi) is 3.26. The highest BCUT2D eigenvalue weighted by molar-refractivity contribution is 6.31. The molecule has 0 bridgehead atoms. The van der Waals surface area contributed by atoms with Gasteiger partial charge in [0.2, 0.25) is 5.91 Å². The Balaban J connectivity index is 1.81. The number of halogens is 1. The van der Waals surface area contributed by atoms with E-state index in [9.17, 15) is 4.79 Å². The smallest absolute Gasteiger partial charge is 0.231 e. The SMILES string of the molecule is O=C(Cc1ccccc1Cl)N1CCc2ccccc21. The molecule has 1 aliphatic heterocycles. The van der Waals surface area contributed by atoms with Gasteiger partial charge in [0, 0.05) is 17.3 Å². The van der Waals surface area contributed by atoms with E-state index in [1.807, 2.05) is 47.4 Å². The minimum absolute atomic E-state index is 0.109. The number of nitrogens with zero attached hydrogens (tertiary/aromatic N) is 1. The van der Waals surface area contributed by atoms with Gasteiger partial charge in [-0.25, -0.2) is 0 Å². The summed E-state index contributed by atoms with van der Waals surface area (Å²) in [6.07, 6.45) is 1.29. The summed E-state index contributed by atoms with van der Waals surface area (Å²) in [5, 5.41) is 0.656. The zero-order chi connectivity index (χ0) is 13.2. The normalized spacial score (nSPS) is 13.4. The molecular weight excluding hydrogens is 258 g/mol. The monoisotopic (exact) mass is 271 g/mol. The molecule has 2 aromatic rings. The van der Waals surface area contributed by atoms with Crippen molar-refractivity contribution in [1.29, 1.82) is 0 Å². The van der Waals surface area contributed by atoms with Crippen molar-refractivity contribution in [2.75, 3.05) is 11.4 Å². The molecule has 1 heterocycles. The maximum atomic E-state index is 12.4. The van der Waals surface area contributed by atoms with Crippen LogP contribution in [-0.2, 0) is 17.6 Å². The Bertz CT molecular complexity index is 624. The quantitative estimate of drug-likeness (QED) is 0.819. The van der Waals surface area contributed by atoms with E-state index in [-0.39, 0.29) is 5.91 Å². The van der Waals surface area contributed by atoms with E-state index in [0.717, 1.165) is 24.2 Å². The van der Waals surface area contributed by atoms with Crippen molar-refractivity contribution in [2.24, 2.45) is 0 Å². The van der Waals surface area contributed by atoms with E-state index >= 15 is 0 Å². The molecule has 0 aliphatic carbocycles. The number of para-hydroxylation sites is 1. The molecule has 0 radical (unpaired) electrons. The first-order valence-electron chi connectivity index (χ1n) is 6.37. The summed E-state index contributed by atoms with van der Waals surface area (Å²) < 4.78 is 0. The lowest BCUT2D eigenvalue weighted by Gasteiger charge is -2.17. The largest absolute Gasteiger partial charge is 0.312 e. The van der Waals surface area contributed by atoms with Crippen LogP contribution in [0.1, 0.15) is 11.1 Å². The van der Waals surface area contributed by atoms with Gasteiger partial charge in [-0.05, 0) is 29.7 Å². The third kappa shape index (κ3) is 2.36. The summed E-state index contributed by atoms with van der Waals surface area (Å²) in [4.78, 5) is 14.3. The van der Waals surface area contributed by atoms with Crippen LogP contribution in [0.5, 0.6) is 0 Å². The maximum absolute atomic E-state index is 12.4. The molecule has 2 nitrogen and oxygen atoms in total. The first-order chi connectivity index (χ1) is 9.25. The molecule has 3 heteroatoms. The molecular formula is C16H14ClNO. The average molecular weight is 272 g/mol. The molecule has 0 N–H and O–H groups in total. The third-order valence-corrected chi connectivity index (χ3v) is 3.86. The second-order valence-corrected chi connectivity index (χ2v) is 5.10. The molecule has 0 aromatic heterocycles. The molecule has 2 aromatic carbocycles. The predicted octanol–water partition coefficient (Wildman–Crippen LogP) is 3.47. The average Bonchev–Trinajstić information content (AvgIpc) is 2.85. The van der Waals surface area contributed by atoms with Crippen LogP contribution in [0.2, 0.25) is 5.02 Å². The van der Waals surface area contributed by atoms with Crippen LogP contribution in [0, 0.1) is 0 Å². The van der Waals surface area contributed by atoms with Crippen LogP contribution in [-0.4, -0.2) is 12.5 Å². The van der Waals surface area contributed by atoms with Gasteiger partial charge in [-0.2, -0.15) is 0 Å². The Morgan fingerprint density at radius 2 is 1.84 bits per heavy atom. The van der Waals surface area contributed by atoms with Crippen molar-refractivity contribution in [1.82, 2.24) is 0 Å². The molecule has 3 rings (SSSR count). The zero-order valence-corrected chi connectivity index (χ0v) is 11.2. The lowest BCUT2D eigenvalue weighted by Crippen LogP contribution is -2.30. The van der Waals surface area contributed by atoms with Gasteiger partial charge in [-0.15, -0.1) is 0 Å². The number of amides is 1.